The Kier molecular flexibility index (Phi) is 4.04. The van der Waals surface area contributed by atoms with Gasteiger partial charge in [0.15, 0.2) is 0 Å². The van der Waals surface area contributed by atoms with Gasteiger partial charge in [0.25, 0.3) is 0 Å². The molecule has 5 heteroatoms. The van der Waals surface area contributed by atoms with Crippen LogP contribution in [0.15, 0.2) is 24.3 Å². The molecule has 1 heterocycles. The third kappa shape index (κ3) is 2.92. The predicted molar refractivity (Wildman–Crippen MR) is 70.8 cm³/mol. The summed E-state index contributed by atoms with van der Waals surface area (Å²) in [5.41, 5.74) is 1.09. The summed E-state index contributed by atoms with van der Waals surface area (Å²) in [6.45, 7) is 3.57. The number of carbonyl (C=O) groups excluding carboxylic acids is 1. The lowest BCUT2D eigenvalue weighted by Gasteiger charge is -2.36. The summed E-state index contributed by atoms with van der Waals surface area (Å²) in [4.78, 5) is 15.8. The van der Waals surface area contributed by atoms with Crippen LogP contribution in [0.25, 0.3) is 0 Å². The van der Waals surface area contributed by atoms with E-state index in [2.05, 4.69) is 10.2 Å². The molecule has 98 valence electrons. The first-order valence-corrected chi connectivity index (χ1v) is 6.17. The zero-order valence-electron chi connectivity index (χ0n) is 10.6. The van der Waals surface area contributed by atoms with Crippen LogP contribution in [0.2, 0.25) is 0 Å². The lowest BCUT2D eigenvalue weighted by Crippen LogP contribution is -2.50. The molecule has 0 spiro atoms. The number of amides is 1. The summed E-state index contributed by atoms with van der Waals surface area (Å²) in [6.07, 6.45) is 0. The lowest BCUT2D eigenvalue weighted by molar-refractivity contribution is -0.130. The Hall–Kier alpha value is -1.75. The van der Waals surface area contributed by atoms with Gasteiger partial charge in [-0.15, -0.1) is 0 Å². The maximum atomic E-state index is 11.7. The van der Waals surface area contributed by atoms with E-state index in [1.807, 2.05) is 17.0 Å². The molecule has 0 radical (unpaired) electrons. The molecule has 0 bridgehead atoms. The van der Waals surface area contributed by atoms with Crippen LogP contribution in [0.1, 0.15) is 0 Å². The molecule has 1 aromatic rings. The van der Waals surface area contributed by atoms with Crippen LogP contribution < -0.4 is 10.2 Å². The molecule has 0 atom stereocenters. The molecule has 1 amide bonds. The van der Waals surface area contributed by atoms with Crippen molar-refractivity contribution in [3.63, 3.8) is 0 Å². The first-order chi connectivity index (χ1) is 8.70. The van der Waals surface area contributed by atoms with Gasteiger partial charge in [-0.2, -0.15) is 0 Å². The van der Waals surface area contributed by atoms with E-state index < -0.39 is 0 Å². The zero-order chi connectivity index (χ0) is 13.0. The molecule has 0 unspecified atom stereocenters. The quantitative estimate of drug-likeness (QED) is 0.807. The van der Waals surface area contributed by atoms with Crippen LogP contribution in [0, 0.1) is 0 Å². The Morgan fingerprint density at radius 3 is 2.39 bits per heavy atom. The molecule has 0 aliphatic carbocycles. The molecular formula is C13H19N3O2. The third-order valence-electron chi connectivity index (χ3n) is 3.18. The van der Waals surface area contributed by atoms with E-state index >= 15 is 0 Å². The SMILES string of the molecule is CNCC(=O)N1CCN(c2ccc(O)cc2)CC1. The second-order valence-corrected chi connectivity index (χ2v) is 4.41. The molecule has 1 aliphatic heterocycles. The van der Waals surface area contributed by atoms with Crippen molar-refractivity contribution >= 4 is 11.6 Å². The highest BCUT2D eigenvalue weighted by Crippen LogP contribution is 2.19. The van der Waals surface area contributed by atoms with E-state index in [0.29, 0.717) is 6.54 Å². The van der Waals surface area contributed by atoms with Crippen molar-refractivity contribution in [3.8, 4) is 5.75 Å². The Morgan fingerprint density at radius 1 is 1.22 bits per heavy atom. The topological polar surface area (TPSA) is 55.8 Å². The number of nitrogens with one attached hydrogen (secondary N) is 1. The van der Waals surface area contributed by atoms with Crippen molar-refractivity contribution in [1.29, 1.82) is 0 Å². The monoisotopic (exact) mass is 249 g/mol. The number of piperazine rings is 1. The molecule has 0 aromatic heterocycles. The van der Waals surface area contributed by atoms with Crippen LogP contribution in [-0.2, 0) is 4.79 Å². The highest BCUT2D eigenvalue weighted by molar-refractivity contribution is 5.78. The van der Waals surface area contributed by atoms with Gasteiger partial charge in [-0.1, -0.05) is 0 Å². The van der Waals surface area contributed by atoms with Gasteiger partial charge in [-0.25, -0.2) is 0 Å². The predicted octanol–water partition coefficient (Wildman–Crippen LogP) is 0.260. The lowest BCUT2D eigenvalue weighted by atomic mass is 10.2. The van der Waals surface area contributed by atoms with Crippen LogP contribution in [0.5, 0.6) is 5.75 Å². The van der Waals surface area contributed by atoms with Crippen LogP contribution in [0.4, 0.5) is 5.69 Å². The number of rotatable bonds is 3. The van der Waals surface area contributed by atoms with Gasteiger partial charge < -0.3 is 20.2 Å². The standard InChI is InChI=1S/C13H19N3O2/c1-14-10-13(18)16-8-6-15(7-9-16)11-2-4-12(17)5-3-11/h2-5,14,17H,6-10H2,1H3. The van der Waals surface area contributed by atoms with Gasteiger partial charge in [0.1, 0.15) is 5.75 Å². The summed E-state index contributed by atoms with van der Waals surface area (Å²) in [5.74, 6) is 0.435. The number of phenolic OH excluding ortho intramolecular Hbond substituents is 1. The van der Waals surface area contributed by atoms with E-state index in [9.17, 15) is 9.90 Å². The number of anilines is 1. The van der Waals surface area contributed by atoms with Crippen LogP contribution in [-0.4, -0.2) is 55.7 Å². The summed E-state index contributed by atoms with van der Waals surface area (Å²) >= 11 is 0. The van der Waals surface area contributed by atoms with Crippen molar-refractivity contribution in [2.24, 2.45) is 0 Å². The second-order valence-electron chi connectivity index (χ2n) is 4.41. The highest BCUT2D eigenvalue weighted by atomic mass is 16.3. The molecule has 0 saturated carbocycles. The van der Waals surface area contributed by atoms with E-state index in [4.69, 9.17) is 0 Å². The molecule has 1 fully saturated rings. The zero-order valence-corrected chi connectivity index (χ0v) is 10.6. The van der Waals surface area contributed by atoms with Gasteiger partial charge in [0.2, 0.25) is 5.91 Å². The Bertz CT molecular complexity index is 397. The number of hydrogen-bond donors (Lipinski definition) is 2. The van der Waals surface area contributed by atoms with Crippen molar-refractivity contribution in [2.45, 2.75) is 0 Å². The number of aromatic hydroxyl groups is 1. The number of hydrogen-bond acceptors (Lipinski definition) is 4. The summed E-state index contributed by atoms with van der Waals surface area (Å²) in [7, 11) is 1.78. The minimum Gasteiger partial charge on any atom is -0.508 e. The average molecular weight is 249 g/mol. The van der Waals surface area contributed by atoms with Gasteiger partial charge >= 0.3 is 0 Å². The summed E-state index contributed by atoms with van der Waals surface area (Å²) in [5, 5.41) is 12.1. The average Bonchev–Trinajstić information content (AvgIpc) is 2.40. The van der Waals surface area contributed by atoms with Gasteiger partial charge in [0.05, 0.1) is 6.54 Å². The summed E-state index contributed by atoms with van der Waals surface area (Å²) < 4.78 is 0. The highest BCUT2D eigenvalue weighted by Gasteiger charge is 2.20. The summed E-state index contributed by atoms with van der Waals surface area (Å²) in [6, 6.07) is 7.18. The number of carbonyl (C=O) groups is 1. The minimum absolute atomic E-state index is 0.155. The van der Waals surface area contributed by atoms with E-state index in [0.717, 1.165) is 31.9 Å². The fraction of sp³-hybridized carbons (Fsp3) is 0.462. The number of benzene rings is 1. The first kappa shape index (κ1) is 12.7. The minimum atomic E-state index is 0.155. The normalized spacial score (nSPS) is 15.8. The Morgan fingerprint density at radius 2 is 1.83 bits per heavy atom. The smallest absolute Gasteiger partial charge is 0.236 e. The molecule has 18 heavy (non-hydrogen) atoms. The number of likely N-dealkylation sites (N-methyl/N-ethyl adjacent to an activating group) is 1. The van der Waals surface area contributed by atoms with E-state index in [1.54, 1.807) is 19.2 Å². The van der Waals surface area contributed by atoms with Crippen LogP contribution >= 0.6 is 0 Å². The molecular weight excluding hydrogens is 230 g/mol. The molecule has 5 nitrogen and oxygen atoms in total. The number of nitrogens with zero attached hydrogens (tertiary/aromatic N) is 2. The maximum absolute atomic E-state index is 11.7. The van der Waals surface area contributed by atoms with Gasteiger partial charge in [0, 0.05) is 31.9 Å². The third-order valence-corrected chi connectivity index (χ3v) is 3.18. The van der Waals surface area contributed by atoms with Gasteiger partial charge in [-0.05, 0) is 31.3 Å². The fourth-order valence-corrected chi connectivity index (χ4v) is 2.14. The van der Waals surface area contributed by atoms with Crippen molar-refractivity contribution < 1.29 is 9.90 Å². The molecule has 1 aromatic carbocycles. The van der Waals surface area contributed by atoms with Crippen molar-refractivity contribution in [2.75, 3.05) is 44.7 Å². The second kappa shape index (κ2) is 5.73. The maximum Gasteiger partial charge on any atom is 0.236 e. The Balaban J connectivity index is 1.90. The molecule has 1 saturated heterocycles. The van der Waals surface area contributed by atoms with Crippen molar-refractivity contribution in [3.05, 3.63) is 24.3 Å². The van der Waals surface area contributed by atoms with E-state index in [-0.39, 0.29) is 11.7 Å². The number of phenols is 1. The Labute approximate surface area is 107 Å². The first-order valence-electron chi connectivity index (χ1n) is 6.17. The largest absolute Gasteiger partial charge is 0.508 e. The molecule has 2 N–H and O–H groups in total. The molecule has 2 rings (SSSR count). The van der Waals surface area contributed by atoms with Gasteiger partial charge in [-0.3, -0.25) is 4.79 Å². The van der Waals surface area contributed by atoms with Crippen LogP contribution in [0.3, 0.4) is 0 Å². The fourth-order valence-electron chi connectivity index (χ4n) is 2.14. The molecule has 1 aliphatic rings. The van der Waals surface area contributed by atoms with Crippen molar-refractivity contribution in [1.82, 2.24) is 10.2 Å². The van der Waals surface area contributed by atoms with E-state index in [1.165, 1.54) is 0 Å².